The molecule has 0 bridgehead atoms. The summed E-state index contributed by atoms with van der Waals surface area (Å²) < 4.78 is 13.5. The second kappa shape index (κ2) is 8.69. The molecule has 1 rings (SSSR count). The highest BCUT2D eigenvalue weighted by Gasteiger charge is 2.05. The fourth-order valence-corrected chi connectivity index (χ4v) is 1.43. The van der Waals surface area contributed by atoms with Crippen molar-refractivity contribution in [3.05, 3.63) is 35.1 Å². The number of aliphatic imine (C=N–C) groups is 1. The standard InChI is InChI=1S/C13H17FN4.HI/c1-9(2)18-13(16-3)17-8-11-6-10(7-15)4-5-12(11)14;/h4-6,9H,8H2,1-3H3,(H2,16,17,18);1H. The Bertz CT molecular complexity index is 480. The van der Waals surface area contributed by atoms with E-state index in [1.165, 1.54) is 18.2 Å². The van der Waals surface area contributed by atoms with Crippen LogP contribution in [0.2, 0.25) is 0 Å². The highest BCUT2D eigenvalue weighted by atomic mass is 127. The molecule has 2 N–H and O–H groups in total. The van der Waals surface area contributed by atoms with Crippen LogP contribution in [0.25, 0.3) is 0 Å². The van der Waals surface area contributed by atoms with Crippen molar-refractivity contribution in [1.29, 1.82) is 5.26 Å². The summed E-state index contributed by atoms with van der Waals surface area (Å²) in [6.45, 7) is 4.27. The third kappa shape index (κ3) is 5.87. The van der Waals surface area contributed by atoms with Crippen LogP contribution in [0.3, 0.4) is 0 Å². The molecule has 0 saturated heterocycles. The van der Waals surface area contributed by atoms with Gasteiger partial charge < -0.3 is 10.6 Å². The van der Waals surface area contributed by atoms with Gasteiger partial charge in [-0.05, 0) is 32.0 Å². The monoisotopic (exact) mass is 376 g/mol. The van der Waals surface area contributed by atoms with Crippen LogP contribution in [0.5, 0.6) is 0 Å². The van der Waals surface area contributed by atoms with Crippen LogP contribution in [0, 0.1) is 17.1 Å². The SMILES string of the molecule is CN=C(NCc1cc(C#N)ccc1F)NC(C)C.I. The normalized spacial score (nSPS) is 10.6. The van der Waals surface area contributed by atoms with Crippen molar-refractivity contribution in [2.45, 2.75) is 26.4 Å². The molecule has 19 heavy (non-hydrogen) atoms. The van der Waals surface area contributed by atoms with Gasteiger partial charge in [-0.25, -0.2) is 4.39 Å². The van der Waals surface area contributed by atoms with Gasteiger partial charge in [0.2, 0.25) is 0 Å². The number of rotatable bonds is 3. The molecule has 0 atom stereocenters. The Kier molecular flexibility index (Phi) is 8.07. The van der Waals surface area contributed by atoms with E-state index in [1.807, 2.05) is 19.9 Å². The van der Waals surface area contributed by atoms with Crippen LogP contribution >= 0.6 is 24.0 Å². The molecule has 1 aromatic rings. The number of benzene rings is 1. The first-order valence-electron chi connectivity index (χ1n) is 5.72. The fraction of sp³-hybridized carbons (Fsp3) is 0.385. The molecule has 6 heteroatoms. The van der Waals surface area contributed by atoms with Gasteiger partial charge in [-0.1, -0.05) is 0 Å². The van der Waals surface area contributed by atoms with Gasteiger partial charge in [-0.15, -0.1) is 24.0 Å². The minimum Gasteiger partial charge on any atom is -0.354 e. The summed E-state index contributed by atoms with van der Waals surface area (Å²) in [5, 5.41) is 14.9. The summed E-state index contributed by atoms with van der Waals surface area (Å²) in [5.41, 5.74) is 0.890. The number of halogens is 2. The molecule has 0 spiro atoms. The third-order valence-electron chi connectivity index (χ3n) is 2.27. The highest BCUT2D eigenvalue weighted by molar-refractivity contribution is 14.0. The van der Waals surface area contributed by atoms with Crippen LogP contribution in [0.15, 0.2) is 23.2 Å². The van der Waals surface area contributed by atoms with E-state index < -0.39 is 0 Å². The van der Waals surface area contributed by atoms with Crippen molar-refractivity contribution < 1.29 is 4.39 Å². The van der Waals surface area contributed by atoms with E-state index >= 15 is 0 Å². The Morgan fingerprint density at radius 3 is 2.68 bits per heavy atom. The lowest BCUT2D eigenvalue weighted by atomic mass is 10.1. The maximum absolute atomic E-state index is 13.5. The van der Waals surface area contributed by atoms with Gasteiger partial charge in [0, 0.05) is 25.2 Å². The maximum atomic E-state index is 13.5. The second-order valence-corrected chi connectivity index (χ2v) is 4.14. The summed E-state index contributed by atoms with van der Waals surface area (Å²) >= 11 is 0. The minimum atomic E-state index is -0.332. The first-order valence-corrected chi connectivity index (χ1v) is 5.72. The van der Waals surface area contributed by atoms with Gasteiger partial charge in [0.25, 0.3) is 0 Å². The Balaban J connectivity index is 0.00000324. The van der Waals surface area contributed by atoms with Crippen molar-refractivity contribution in [2.24, 2.45) is 4.99 Å². The first-order chi connectivity index (χ1) is 8.56. The van der Waals surface area contributed by atoms with E-state index in [2.05, 4.69) is 15.6 Å². The van der Waals surface area contributed by atoms with Gasteiger partial charge >= 0.3 is 0 Å². The van der Waals surface area contributed by atoms with Crippen molar-refractivity contribution >= 4 is 29.9 Å². The van der Waals surface area contributed by atoms with Gasteiger partial charge in [0.1, 0.15) is 5.82 Å². The molecule has 0 aliphatic carbocycles. The van der Waals surface area contributed by atoms with Crippen molar-refractivity contribution in [1.82, 2.24) is 10.6 Å². The van der Waals surface area contributed by atoms with Crippen molar-refractivity contribution in [3.8, 4) is 6.07 Å². The average molecular weight is 376 g/mol. The number of nitrogens with one attached hydrogen (secondary N) is 2. The fourth-order valence-electron chi connectivity index (χ4n) is 1.43. The zero-order valence-corrected chi connectivity index (χ0v) is 13.5. The van der Waals surface area contributed by atoms with Gasteiger partial charge in [-0.2, -0.15) is 5.26 Å². The summed E-state index contributed by atoms with van der Waals surface area (Å²) in [6.07, 6.45) is 0. The highest BCUT2D eigenvalue weighted by Crippen LogP contribution is 2.09. The summed E-state index contributed by atoms with van der Waals surface area (Å²) in [4.78, 5) is 4.02. The molecular formula is C13H18FIN4. The molecule has 0 aromatic heterocycles. The molecule has 4 nitrogen and oxygen atoms in total. The Labute approximate surface area is 130 Å². The summed E-state index contributed by atoms with van der Waals surface area (Å²) in [5.74, 6) is 0.272. The molecule has 104 valence electrons. The predicted octanol–water partition coefficient (Wildman–Crippen LogP) is 2.39. The third-order valence-corrected chi connectivity index (χ3v) is 2.27. The predicted molar refractivity (Wildman–Crippen MR) is 85.0 cm³/mol. The van der Waals surface area contributed by atoms with E-state index in [-0.39, 0.29) is 42.4 Å². The summed E-state index contributed by atoms with van der Waals surface area (Å²) in [7, 11) is 1.65. The number of guanidine groups is 1. The van der Waals surface area contributed by atoms with Crippen molar-refractivity contribution in [2.75, 3.05) is 7.05 Å². The topological polar surface area (TPSA) is 60.2 Å². The summed E-state index contributed by atoms with van der Waals surface area (Å²) in [6, 6.07) is 6.52. The van der Waals surface area contributed by atoms with E-state index in [1.54, 1.807) is 7.05 Å². The van der Waals surface area contributed by atoms with Crippen molar-refractivity contribution in [3.63, 3.8) is 0 Å². The van der Waals surface area contributed by atoms with E-state index in [0.717, 1.165) is 0 Å². The van der Waals surface area contributed by atoms with Crippen LogP contribution < -0.4 is 10.6 Å². The largest absolute Gasteiger partial charge is 0.354 e. The van der Waals surface area contributed by atoms with Crippen LogP contribution in [0.4, 0.5) is 4.39 Å². The minimum absolute atomic E-state index is 0. The quantitative estimate of drug-likeness (QED) is 0.484. The molecule has 0 radical (unpaired) electrons. The lowest BCUT2D eigenvalue weighted by Crippen LogP contribution is -2.40. The first kappa shape index (κ1) is 17.6. The zero-order valence-electron chi connectivity index (χ0n) is 11.2. The zero-order chi connectivity index (χ0) is 13.5. The molecule has 0 heterocycles. The Morgan fingerprint density at radius 1 is 1.47 bits per heavy atom. The number of nitrogens with zero attached hydrogens (tertiary/aromatic N) is 2. The average Bonchev–Trinajstić information content (AvgIpc) is 2.35. The Morgan fingerprint density at radius 2 is 2.16 bits per heavy atom. The lowest BCUT2D eigenvalue weighted by Gasteiger charge is -2.14. The lowest BCUT2D eigenvalue weighted by molar-refractivity contribution is 0.603. The second-order valence-electron chi connectivity index (χ2n) is 4.14. The van der Waals surface area contributed by atoms with Gasteiger partial charge in [-0.3, -0.25) is 4.99 Å². The molecular weight excluding hydrogens is 358 g/mol. The number of hydrogen-bond acceptors (Lipinski definition) is 2. The molecule has 1 aromatic carbocycles. The van der Waals surface area contributed by atoms with Gasteiger partial charge in [0.15, 0.2) is 5.96 Å². The van der Waals surface area contributed by atoms with E-state index in [4.69, 9.17) is 5.26 Å². The van der Waals surface area contributed by atoms with Crippen LogP contribution in [-0.2, 0) is 6.54 Å². The Hall–Kier alpha value is -1.36. The molecule has 0 fully saturated rings. The maximum Gasteiger partial charge on any atom is 0.191 e. The van der Waals surface area contributed by atoms with E-state index in [0.29, 0.717) is 17.1 Å². The van der Waals surface area contributed by atoms with Crippen LogP contribution in [-0.4, -0.2) is 19.0 Å². The number of hydrogen-bond donors (Lipinski definition) is 2. The molecule has 0 unspecified atom stereocenters. The molecule has 0 aliphatic heterocycles. The van der Waals surface area contributed by atoms with Crippen LogP contribution in [0.1, 0.15) is 25.0 Å². The molecule has 0 amide bonds. The molecule has 0 aliphatic rings. The smallest absolute Gasteiger partial charge is 0.191 e. The van der Waals surface area contributed by atoms with Gasteiger partial charge in [0.05, 0.1) is 11.6 Å². The molecule has 0 saturated carbocycles. The number of nitriles is 1. The van der Waals surface area contributed by atoms with E-state index in [9.17, 15) is 4.39 Å².